The Hall–Kier alpha value is -0.940. The summed E-state index contributed by atoms with van der Waals surface area (Å²) in [5.41, 5.74) is -0.665. The van der Waals surface area contributed by atoms with Gasteiger partial charge in [0.25, 0.3) is 0 Å². The van der Waals surface area contributed by atoms with Crippen molar-refractivity contribution in [2.45, 2.75) is 44.0 Å². The second kappa shape index (κ2) is 6.22. The first-order valence-corrected chi connectivity index (χ1v) is 6.95. The first kappa shape index (κ1) is 15.4. The molecule has 2 unspecified atom stereocenters. The molecule has 1 fully saturated rings. The molecule has 1 aliphatic rings. The second-order valence-corrected chi connectivity index (χ2v) is 5.43. The molecule has 0 bridgehead atoms. The van der Waals surface area contributed by atoms with Crippen LogP contribution >= 0.6 is 11.6 Å². The third-order valence-corrected chi connectivity index (χ3v) is 3.87. The van der Waals surface area contributed by atoms with Crippen LogP contribution in [0.1, 0.15) is 31.2 Å². The van der Waals surface area contributed by atoms with Crippen molar-refractivity contribution in [1.82, 2.24) is 0 Å². The predicted octanol–water partition coefficient (Wildman–Crippen LogP) is 4.73. The third kappa shape index (κ3) is 3.58. The number of ether oxygens (including phenoxy) is 1. The summed E-state index contributed by atoms with van der Waals surface area (Å²) in [6.07, 6.45) is -0.775. The summed E-state index contributed by atoms with van der Waals surface area (Å²) in [6.45, 7) is 0. The van der Waals surface area contributed by atoms with Crippen LogP contribution in [0, 0.1) is 0 Å². The van der Waals surface area contributed by atoms with Gasteiger partial charge in [0, 0.05) is 17.8 Å². The van der Waals surface area contributed by atoms with E-state index in [2.05, 4.69) is 5.32 Å². The molecule has 1 aliphatic carbocycles. The molecule has 2 nitrogen and oxygen atoms in total. The smallest absolute Gasteiger partial charge is 0.379 e. The van der Waals surface area contributed by atoms with Crippen LogP contribution in [0.2, 0.25) is 5.02 Å². The van der Waals surface area contributed by atoms with E-state index in [-0.39, 0.29) is 22.9 Å². The molecule has 0 spiro atoms. The monoisotopic (exact) mass is 307 g/mol. The van der Waals surface area contributed by atoms with Gasteiger partial charge in [-0.1, -0.05) is 24.4 Å². The maximum atomic E-state index is 13.0. The second-order valence-electron chi connectivity index (χ2n) is 5.00. The number of anilines is 1. The first-order chi connectivity index (χ1) is 9.41. The number of nitrogens with one attached hydrogen (secondary N) is 1. The van der Waals surface area contributed by atoms with Gasteiger partial charge in [-0.3, -0.25) is 0 Å². The third-order valence-electron chi connectivity index (χ3n) is 3.63. The topological polar surface area (TPSA) is 21.3 Å². The van der Waals surface area contributed by atoms with Gasteiger partial charge in [0.05, 0.1) is 17.7 Å². The van der Waals surface area contributed by atoms with E-state index >= 15 is 0 Å². The van der Waals surface area contributed by atoms with E-state index in [0.29, 0.717) is 0 Å². The minimum atomic E-state index is -4.43. The molecule has 0 aromatic heterocycles. The molecule has 1 aromatic rings. The Morgan fingerprint density at radius 3 is 2.60 bits per heavy atom. The van der Waals surface area contributed by atoms with Gasteiger partial charge in [0.15, 0.2) is 0 Å². The first-order valence-electron chi connectivity index (χ1n) is 6.58. The van der Waals surface area contributed by atoms with Crippen molar-refractivity contribution in [3.05, 3.63) is 28.8 Å². The highest BCUT2D eigenvalue weighted by Crippen LogP contribution is 2.37. The molecule has 112 valence electrons. The van der Waals surface area contributed by atoms with Gasteiger partial charge in [-0.25, -0.2) is 0 Å². The number of hydrogen-bond donors (Lipinski definition) is 1. The van der Waals surface area contributed by atoms with Crippen LogP contribution in [0.5, 0.6) is 0 Å². The Balaban J connectivity index is 2.24. The van der Waals surface area contributed by atoms with Crippen molar-refractivity contribution >= 4 is 17.3 Å². The average molecular weight is 308 g/mol. The van der Waals surface area contributed by atoms with Crippen molar-refractivity contribution in [2.75, 3.05) is 12.4 Å². The zero-order chi connectivity index (χ0) is 14.8. The Morgan fingerprint density at radius 2 is 1.95 bits per heavy atom. The molecule has 0 radical (unpaired) electrons. The lowest BCUT2D eigenvalue weighted by atomic mass is 9.92. The minimum Gasteiger partial charge on any atom is -0.379 e. The zero-order valence-electron chi connectivity index (χ0n) is 11.1. The summed E-state index contributed by atoms with van der Waals surface area (Å²) in [5, 5.41) is 3.06. The van der Waals surface area contributed by atoms with Crippen molar-refractivity contribution < 1.29 is 17.9 Å². The molecule has 0 heterocycles. The van der Waals surface area contributed by atoms with E-state index in [1.54, 1.807) is 7.11 Å². The highest BCUT2D eigenvalue weighted by atomic mass is 35.5. The molecule has 1 saturated carbocycles. The number of rotatable bonds is 3. The fourth-order valence-corrected chi connectivity index (χ4v) is 2.79. The van der Waals surface area contributed by atoms with E-state index in [0.717, 1.165) is 31.7 Å². The van der Waals surface area contributed by atoms with E-state index in [1.165, 1.54) is 12.1 Å². The van der Waals surface area contributed by atoms with E-state index in [1.807, 2.05) is 0 Å². The Kier molecular flexibility index (Phi) is 4.81. The van der Waals surface area contributed by atoms with Gasteiger partial charge in [0.1, 0.15) is 0 Å². The Labute approximate surface area is 121 Å². The van der Waals surface area contributed by atoms with Gasteiger partial charge in [-0.15, -0.1) is 0 Å². The number of methoxy groups -OCH3 is 1. The van der Waals surface area contributed by atoms with Gasteiger partial charge in [0.2, 0.25) is 0 Å². The molecule has 20 heavy (non-hydrogen) atoms. The summed E-state index contributed by atoms with van der Waals surface area (Å²) >= 11 is 5.67. The quantitative estimate of drug-likeness (QED) is 0.871. The van der Waals surface area contributed by atoms with Gasteiger partial charge >= 0.3 is 6.18 Å². The molecule has 2 rings (SSSR count). The molecule has 6 heteroatoms. The van der Waals surface area contributed by atoms with Crippen LogP contribution in [-0.2, 0) is 10.9 Å². The molecule has 0 amide bonds. The van der Waals surface area contributed by atoms with E-state index in [4.69, 9.17) is 16.3 Å². The SMILES string of the molecule is COC1CCCCC1Nc1ccc(Cl)cc1C(F)(F)F. The maximum Gasteiger partial charge on any atom is 0.418 e. The number of halogens is 4. The largest absolute Gasteiger partial charge is 0.418 e. The van der Waals surface area contributed by atoms with Crippen LogP contribution in [0.15, 0.2) is 18.2 Å². The highest BCUT2D eigenvalue weighted by molar-refractivity contribution is 6.30. The molecule has 0 saturated heterocycles. The summed E-state index contributed by atoms with van der Waals surface area (Å²) in [6, 6.07) is 3.70. The molecule has 1 N–H and O–H groups in total. The summed E-state index contributed by atoms with van der Waals surface area (Å²) in [4.78, 5) is 0. The Morgan fingerprint density at radius 1 is 1.25 bits per heavy atom. The van der Waals surface area contributed by atoms with Crippen molar-refractivity contribution in [1.29, 1.82) is 0 Å². The number of benzene rings is 1. The number of alkyl halides is 3. The van der Waals surface area contributed by atoms with Crippen molar-refractivity contribution in [3.63, 3.8) is 0 Å². The molecule has 1 aromatic carbocycles. The lowest BCUT2D eigenvalue weighted by Crippen LogP contribution is -2.38. The number of hydrogen-bond acceptors (Lipinski definition) is 2. The van der Waals surface area contributed by atoms with Crippen LogP contribution in [0.3, 0.4) is 0 Å². The average Bonchev–Trinajstić information content (AvgIpc) is 2.40. The zero-order valence-corrected chi connectivity index (χ0v) is 11.9. The lowest BCUT2D eigenvalue weighted by molar-refractivity contribution is -0.137. The molecule has 2 atom stereocenters. The van der Waals surface area contributed by atoms with E-state index < -0.39 is 11.7 Å². The van der Waals surface area contributed by atoms with Gasteiger partial charge in [-0.2, -0.15) is 13.2 Å². The summed E-state index contributed by atoms with van der Waals surface area (Å²) < 4.78 is 44.5. The lowest BCUT2D eigenvalue weighted by Gasteiger charge is -2.32. The standard InChI is InChI=1S/C14H17ClF3NO/c1-20-13-5-3-2-4-12(13)19-11-7-6-9(15)8-10(11)14(16,17)18/h6-8,12-13,19H,2-5H2,1H3. The normalized spacial score (nSPS) is 23.6. The van der Waals surface area contributed by atoms with Crippen molar-refractivity contribution in [3.8, 4) is 0 Å². The van der Waals surface area contributed by atoms with E-state index in [9.17, 15) is 13.2 Å². The van der Waals surface area contributed by atoms with Gasteiger partial charge < -0.3 is 10.1 Å². The fraction of sp³-hybridized carbons (Fsp3) is 0.571. The Bertz CT molecular complexity index is 464. The summed E-state index contributed by atoms with van der Waals surface area (Å²) in [5.74, 6) is 0. The fourth-order valence-electron chi connectivity index (χ4n) is 2.62. The predicted molar refractivity (Wildman–Crippen MR) is 73.1 cm³/mol. The molecular formula is C14H17ClF3NO. The van der Waals surface area contributed by atoms with Crippen LogP contribution in [-0.4, -0.2) is 19.3 Å². The summed E-state index contributed by atoms with van der Waals surface area (Å²) in [7, 11) is 1.59. The van der Waals surface area contributed by atoms with Crippen LogP contribution in [0.4, 0.5) is 18.9 Å². The highest BCUT2D eigenvalue weighted by Gasteiger charge is 2.35. The van der Waals surface area contributed by atoms with Crippen LogP contribution in [0.25, 0.3) is 0 Å². The minimum absolute atomic E-state index is 0.0551. The molecular weight excluding hydrogens is 291 g/mol. The maximum absolute atomic E-state index is 13.0. The van der Waals surface area contributed by atoms with Gasteiger partial charge in [-0.05, 0) is 31.0 Å². The van der Waals surface area contributed by atoms with Crippen LogP contribution < -0.4 is 5.32 Å². The molecule has 0 aliphatic heterocycles. The van der Waals surface area contributed by atoms with Crippen molar-refractivity contribution in [2.24, 2.45) is 0 Å².